The molecule has 1 aliphatic heterocycles. The zero-order chi connectivity index (χ0) is 14.2. The van der Waals surface area contributed by atoms with Crippen LogP contribution in [0.1, 0.15) is 5.56 Å². The van der Waals surface area contributed by atoms with Crippen molar-refractivity contribution in [2.24, 2.45) is 0 Å². The van der Waals surface area contributed by atoms with Crippen molar-refractivity contribution in [1.82, 2.24) is 14.5 Å². The van der Waals surface area contributed by atoms with Crippen LogP contribution < -0.4 is 5.32 Å². The van der Waals surface area contributed by atoms with Gasteiger partial charge in [-0.15, -0.1) is 0 Å². The summed E-state index contributed by atoms with van der Waals surface area (Å²) in [5.41, 5.74) is 4.77. The molecule has 0 amide bonds. The summed E-state index contributed by atoms with van der Waals surface area (Å²) in [6.07, 6.45) is 7.20. The SMILES string of the molecule is Fc1cnccc1-n1cncc1-c1cccc2c1NCC2. The van der Waals surface area contributed by atoms with Crippen LogP contribution in [0.4, 0.5) is 10.1 Å². The Balaban J connectivity index is 1.91. The monoisotopic (exact) mass is 280 g/mol. The molecule has 1 aromatic carbocycles. The standard InChI is InChI=1S/C16H13FN4/c17-13-8-18-6-5-14(13)21-10-19-9-15(21)12-3-1-2-11-4-7-20-16(11)12/h1-3,5-6,8-10,20H,4,7H2. The fraction of sp³-hybridized carbons (Fsp3) is 0.125. The number of pyridine rings is 1. The van der Waals surface area contributed by atoms with Gasteiger partial charge in [-0.1, -0.05) is 18.2 Å². The van der Waals surface area contributed by atoms with Gasteiger partial charge in [-0.05, 0) is 18.1 Å². The Morgan fingerprint density at radius 1 is 1.14 bits per heavy atom. The first-order valence-corrected chi connectivity index (χ1v) is 6.83. The van der Waals surface area contributed by atoms with Gasteiger partial charge in [0.2, 0.25) is 0 Å². The van der Waals surface area contributed by atoms with Crippen LogP contribution in [0.3, 0.4) is 0 Å². The maximum Gasteiger partial charge on any atom is 0.165 e. The van der Waals surface area contributed by atoms with Gasteiger partial charge in [-0.3, -0.25) is 9.55 Å². The molecule has 3 heterocycles. The lowest BCUT2D eigenvalue weighted by Gasteiger charge is -2.12. The number of aromatic nitrogens is 3. The second-order valence-corrected chi connectivity index (χ2v) is 4.99. The van der Waals surface area contributed by atoms with Gasteiger partial charge in [0.05, 0.1) is 30.1 Å². The summed E-state index contributed by atoms with van der Waals surface area (Å²) in [4.78, 5) is 7.98. The lowest BCUT2D eigenvalue weighted by atomic mass is 10.1. The van der Waals surface area contributed by atoms with Crippen molar-refractivity contribution in [2.45, 2.75) is 6.42 Å². The summed E-state index contributed by atoms with van der Waals surface area (Å²) >= 11 is 0. The highest BCUT2D eigenvalue weighted by Gasteiger charge is 2.18. The molecule has 21 heavy (non-hydrogen) atoms. The summed E-state index contributed by atoms with van der Waals surface area (Å²) in [6, 6.07) is 7.83. The quantitative estimate of drug-likeness (QED) is 0.784. The number of para-hydroxylation sites is 1. The van der Waals surface area contributed by atoms with Crippen molar-refractivity contribution in [3.8, 4) is 16.9 Å². The zero-order valence-electron chi connectivity index (χ0n) is 11.3. The molecule has 3 aromatic rings. The molecule has 4 rings (SSSR count). The smallest absolute Gasteiger partial charge is 0.165 e. The highest BCUT2D eigenvalue weighted by atomic mass is 19.1. The van der Waals surface area contributed by atoms with Crippen molar-refractivity contribution in [3.05, 3.63) is 60.6 Å². The van der Waals surface area contributed by atoms with Crippen molar-refractivity contribution in [3.63, 3.8) is 0 Å². The number of halogens is 1. The van der Waals surface area contributed by atoms with Crippen LogP contribution in [0.15, 0.2) is 49.2 Å². The molecule has 4 nitrogen and oxygen atoms in total. The van der Waals surface area contributed by atoms with Crippen molar-refractivity contribution in [2.75, 3.05) is 11.9 Å². The van der Waals surface area contributed by atoms with Gasteiger partial charge in [-0.25, -0.2) is 9.37 Å². The first kappa shape index (κ1) is 12.1. The summed E-state index contributed by atoms with van der Waals surface area (Å²) in [7, 11) is 0. The van der Waals surface area contributed by atoms with E-state index in [9.17, 15) is 4.39 Å². The fourth-order valence-electron chi connectivity index (χ4n) is 2.80. The first-order chi connectivity index (χ1) is 10.3. The van der Waals surface area contributed by atoms with Gasteiger partial charge >= 0.3 is 0 Å². The number of hydrogen-bond donors (Lipinski definition) is 1. The molecular formula is C16H13FN4. The largest absolute Gasteiger partial charge is 0.384 e. The van der Waals surface area contributed by atoms with Crippen molar-refractivity contribution in [1.29, 1.82) is 0 Å². The molecule has 1 aliphatic rings. The minimum absolute atomic E-state index is 0.364. The van der Waals surface area contributed by atoms with E-state index in [-0.39, 0.29) is 5.82 Å². The molecule has 0 atom stereocenters. The molecule has 1 N–H and O–H groups in total. The Morgan fingerprint density at radius 3 is 3.00 bits per heavy atom. The van der Waals surface area contributed by atoms with Gasteiger partial charge in [0.25, 0.3) is 0 Å². The van der Waals surface area contributed by atoms with Crippen molar-refractivity contribution >= 4 is 5.69 Å². The summed E-state index contributed by atoms with van der Waals surface area (Å²) in [5, 5.41) is 3.40. The van der Waals surface area contributed by atoms with Gasteiger partial charge in [0.1, 0.15) is 0 Å². The van der Waals surface area contributed by atoms with Gasteiger partial charge in [0.15, 0.2) is 5.82 Å². The van der Waals surface area contributed by atoms with E-state index in [2.05, 4.69) is 21.4 Å². The number of hydrogen-bond acceptors (Lipinski definition) is 3. The van der Waals surface area contributed by atoms with Crippen LogP contribution in [-0.4, -0.2) is 21.1 Å². The highest BCUT2D eigenvalue weighted by molar-refractivity contribution is 5.80. The molecule has 0 fully saturated rings. The van der Waals surface area contributed by atoms with E-state index in [0.717, 1.165) is 29.9 Å². The number of anilines is 1. The third-order valence-corrected chi connectivity index (χ3v) is 3.77. The molecule has 5 heteroatoms. The number of fused-ring (bicyclic) bond motifs is 1. The number of imidazole rings is 1. The average Bonchev–Trinajstić information content (AvgIpc) is 3.16. The third-order valence-electron chi connectivity index (χ3n) is 3.77. The van der Waals surface area contributed by atoms with Crippen LogP contribution in [0.25, 0.3) is 16.9 Å². The summed E-state index contributed by atoms with van der Waals surface area (Å²) in [5.74, 6) is -0.364. The second-order valence-electron chi connectivity index (χ2n) is 4.99. The highest BCUT2D eigenvalue weighted by Crippen LogP contribution is 2.35. The normalized spacial score (nSPS) is 13.0. The molecule has 0 aliphatic carbocycles. The third kappa shape index (κ3) is 1.89. The van der Waals surface area contributed by atoms with E-state index in [0.29, 0.717) is 5.69 Å². The van der Waals surface area contributed by atoms with Crippen LogP contribution >= 0.6 is 0 Å². The predicted molar refractivity (Wildman–Crippen MR) is 78.9 cm³/mol. The number of nitrogens with one attached hydrogen (secondary N) is 1. The van der Waals surface area contributed by atoms with E-state index in [4.69, 9.17) is 0 Å². The van der Waals surface area contributed by atoms with Crippen LogP contribution in [0, 0.1) is 5.82 Å². The first-order valence-electron chi connectivity index (χ1n) is 6.83. The van der Waals surface area contributed by atoms with E-state index in [1.54, 1.807) is 29.4 Å². The molecule has 2 aromatic heterocycles. The fourth-order valence-corrected chi connectivity index (χ4v) is 2.80. The summed E-state index contributed by atoms with van der Waals surface area (Å²) in [6.45, 7) is 0.935. The maximum atomic E-state index is 14.0. The number of benzene rings is 1. The Labute approximate surface area is 121 Å². The molecule has 0 radical (unpaired) electrons. The number of rotatable bonds is 2. The van der Waals surface area contributed by atoms with E-state index in [1.165, 1.54) is 11.8 Å². The topological polar surface area (TPSA) is 42.7 Å². The van der Waals surface area contributed by atoms with E-state index < -0.39 is 0 Å². The van der Waals surface area contributed by atoms with E-state index in [1.807, 2.05) is 12.1 Å². The Hall–Kier alpha value is -2.69. The molecule has 0 saturated carbocycles. The van der Waals surface area contributed by atoms with E-state index >= 15 is 0 Å². The van der Waals surface area contributed by atoms with Gasteiger partial charge in [-0.2, -0.15) is 0 Å². The molecule has 0 saturated heterocycles. The Bertz CT molecular complexity index is 810. The van der Waals surface area contributed by atoms with Gasteiger partial charge in [0, 0.05) is 24.0 Å². The van der Waals surface area contributed by atoms with Crippen LogP contribution in [0.5, 0.6) is 0 Å². The molecule has 0 spiro atoms. The summed E-state index contributed by atoms with van der Waals surface area (Å²) < 4.78 is 15.8. The lowest BCUT2D eigenvalue weighted by molar-refractivity contribution is 0.612. The Morgan fingerprint density at radius 2 is 2.10 bits per heavy atom. The lowest BCUT2D eigenvalue weighted by Crippen LogP contribution is -2.01. The minimum atomic E-state index is -0.364. The zero-order valence-corrected chi connectivity index (χ0v) is 11.3. The minimum Gasteiger partial charge on any atom is -0.384 e. The van der Waals surface area contributed by atoms with Crippen molar-refractivity contribution < 1.29 is 4.39 Å². The molecule has 0 unspecified atom stereocenters. The van der Waals surface area contributed by atoms with Crippen LogP contribution in [0.2, 0.25) is 0 Å². The average molecular weight is 280 g/mol. The second kappa shape index (κ2) is 4.70. The molecule has 0 bridgehead atoms. The Kier molecular flexibility index (Phi) is 2.70. The maximum absolute atomic E-state index is 14.0. The predicted octanol–water partition coefficient (Wildman–Crippen LogP) is 3.04. The number of nitrogens with zero attached hydrogens (tertiary/aromatic N) is 3. The van der Waals surface area contributed by atoms with Gasteiger partial charge < -0.3 is 5.32 Å². The van der Waals surface area contributed by atoms with Crippen LogP contribution in [-0.2, 0) is 6.42 Å². The molecule has 104 valence electrons. The molecular weight excluding hydrogens is 267 g/mol.